The van der Waals surface area contributed by atoms with Crippen molar-refractivity contribution in [2.45, 2.75) is 6.54 Å². The van der Waals surface area contributed by atoms with Gasteiger partial charge in [0.2, 0.25) is 0 Å². The number of aromatic nitrogens is 2. The van der Waals surface area contributed by atoms with Crippen molar-refractivity contribution >= 4 is 17.3 Å². The van der Waals surface area contributed by atoms with Crippen molar-refractivity contribution in [3.8, 4) is 0 Å². The van der Waals surface area contributed by atoms with E-state index in [2.05, 4.69) is 10.3 Å². The molecule has 0 bridgehead atoms. The number of carbonyl (C=O) groups excluding carboxylic acids is 1. The Morgan fingerprint density at radius 1 is 1.53 bits per heavy atom. The van der Waals surface area contributed by atoms with Gasteiger partial charge in [-0.2, -0.15) is 0 Å². The van der Waals surface area contributed by atoms with E-state index in [0.29, 0.717) is 13.1 Å². The van der Waals surface area contributed by atoms with Crippen molar-refractivity contribution in [2.75, 3.05) is 6.54 Å². The van der Waals surface area contributed by atoms with Gasteiger partial charge in [-0.15, -0.1) is 0 Å². The molecule has 0 atom stereocenters. The SMILES string of the molecule is Cn1cnc2cc(CNCC=O)ccc21. The highest BCUT2D eigenvalue weighted by molar-refractivity contribution is 5.75. The maximum Gasteiger partial charge on any atom is 0.133 e. The average molecular weight is 203 g/mol. The van der Waals surface area contributed by atoms with Gasteiger partial charge < -0.3 is 14.7 Å². The zero-order chi connectivity index (χ0) is 10.7. The Kier molecular flexibility index (Phi) is 2.78. The Balaban J connectivity index is 2.19. The van der Waals surface area contributed by atoms with Crippen molar-refractivity contribution in [1.29, 1.82) is 0 Å². The van der Waals surface area contributed by atoms with Crippen LogP contribution < -0.4 is 5.32 Å². The highest BCUT2D eigenvalue weighted by atomic mass is 16.1. The second-order valence-corrected chi connectivity index (χ2v) is 3.48. The van der Waals surface area contributed by atoms with Gasteiger partial charge in [-0.25, -0.2) is 4.98 Å². The summed E-state index contributed by atoms with van der Waals surface area (Å²) in [6.07, 6.45) is 2.66. The molecule has 0 aliphatic rings. The predicted octanol–water partition coefficient (Wildman–Crippen LogP) is 0.862. The van der Waals surface area contributed by atoms with E-state index in [-0.39, 0.29) is 0 Å². The van der Waals surface area contributed by atoms with Crippen LogP contribution in [0.5, 0.6) is 0 Å². The normalized spacial score (nSPS) is 10.7. The summed E-state index contributed by atoms with van der Waals surface area (Å²) >= 11 is 0. The summed E-state index contributed by atoms with van der Waals surface area (Å²) in [5, 5.41) is 3.02. The largest absolute Gasteiger partial charge is 0.334 e. The highest BCUT2D eigenvalue weighted by Gasteiger charge is 2.00. The van der Waals surface area contributed by atoms with E-state index in [1.54, 1.807) is 6.33 Å². The number of aldehydes is 1. The van der Waals surface area contributed by atoms with Crippen LogP contribution in [-0.2, 0) is 18.4 Å². The molecule has 1 N–H and O–H groups in total. The smallest absolute Gasteiger partial charge is 0.133 e. The van der Waals surface area contributed by atoms with Crippen molar-refractivity contribution in [2.24, 2.45) is 7.05 Å². The van der Waals surface area contributed by atoms with Crippen LogP contribution in [0.15, 0.2) is 24.5 Å². The van der Waals surface area contributed by atoms with E-state index in [0.717, 1.165) is 22.9 Å². The van der Waals surface area contributed by atoms with E-state index >= 15 is 0 Å². The van der Waals surface area contributed by atoms with Gasteiger partial charge in [0.05, 0.1) is 23.9 Å². The standard InChI is InChI=1S/C11H13N3O/c1-14-8-13-10-6-9(2-3-11(10)14)7-12-4-5-15/h2-3,5-6,8,12H,4,7H2,1H3. The third-order valence-electron chi connectivity index (χ3n) is 2.35. The molecule has 0 aliphatic heterocycles. The van der Waals surface area contributed by atoms with Gasteiger partial charge in [0, 0.05) is 13.6 Å². The summed E-state index contributed by atoms with van der Waals surface area (Å²) in [5.41, 5.74) is 3.25. The number of aryl methyl sites for hydroxylation is 1. The molecule has 2 aromatic rings. The molecule has 78 valence electrons. The maximum absolute atomic E-state index is 10.1. The molecule has 4 heteroatoms. The number of carbonyl (C=O) groups is 1. The second kappa shape index (κ2) is 4.23. The molecule has 0 amide bonds. The third kappa shape index (κ3) is 2.05. The fourth-order valence-electron chi connectivity index (χ4n) is 1.57. The average Bonchev–Trinajstić information content (AvgIpc) is 2.61. The molecule has 0 fully saturated rings. The van der Waals surface area contributed by atoms with Gasteiger partial charge in [0.25, 0.3) is 0 Å². The first-order valence-corrected chi connectivity index (χ1v) is 4.85. The lowest BCUT2D eigenvalue weighted by molar-refractivity contribution is -0.107. The molecule has 1 aromatic carbocycles. The van der Waals surface area contributed by atoms with Crippen molar-refractivity contribution in [1.82, 2.24) is 14.9 Å². The molecule has 0 spiro atoms. The molecular weight excluding hydrogens is 190 g/mol. The van der Waals surface area contributed by atoms with Crippen molar-refractivity contribution in [3.05, 3.63) is 30.1 Å². The number of rotatable bonds is 4. The highest BCUT2D eigenvalue weighted by Crippen LogP contribution is 2.13. The van der Waals surface area contributed by atoms with Gasteiger partial charge >= 0.3 is 0 Å². The van der Waals surface area contributed by atoms with E-state index < -0.39 is 0 Å². The fraction of sp³-hybridized carbons (Fsp3) is 0.273. The number of nitrogens with zero attached hydrogens (tertiary/aromatic N) is 2. The van der Waals surface area contributed by atoms with Crippen LogP contribution in [0, 0.1) is 0 Å². The van der Waals surface area contributed by atoms with E-state index in [4.69, 9.17) is 0 Å². The van der Waals surface area contributed by atoms with Crippen LogP contribution >= 0.6 is 0 Å². The molecule has 1 heterocycles. The monoisotopic (exact) mass is 203 g/mol. The summed E-state index contributed by atoms with van der Waals surface area (Å²) in [6, 6.07) is 6.12. The molecule has 4 nitrogen and oxygen atoms in total. The summed E-state index contributed by atoms with van der Waals surface area (Å²) in [5.74, 6) is 0. The zero-order valence-electron chi connectivity index (χ0n) is 8.60. The van der Waals surface area contributed by atoms with Crippen LogP contribution in [0.3, 0.4) is 0 Å². The lowest BCUT2D eigenvalue weighted by Gasteiger charge is -2.01. The summed E-state index contributed by atoms with van der Waals surface area (Å²) in [7, 11) is 1.97. The topological polar surface area (TPSA) is 46.9 Å². The van der Waals surface area contributed by atoms with Gasteiger partial charge in [-0.1, -0.05) is 6.07 Å². The van der Waals surface area contributed by atoms with Gasteiger partial charge in [0.15, 0.2) is 0 Å². The number of imidazole rings is 1. The summed E-state index contributed by atoms with van der Waals surface area (Å²) in [6.45, 7) is 1.09. The quantitative estimate of drug-likeness (QED) is 0.592. The molecule has 0 unspecified atom stereocenters. The molecular formula is C11H13N3O. The molecule has 0 aliphatic carbocycles. The minimum atomic E-state index is 0.389. The Hall–Kier alpha value is -1.68. The van der Waals surface area contributed by atoms with Crippen LogP contribution in [0.2, 0.25) is 0 Å². The molecule has 0 radical (unpaired) electrons. The minimum Gasteiger partial charge on any atom is -0.334 e. The fourth-order valence-corrected chi connectivity index (χ4v) is 1.57. The Morgan fingerprint density at radius 2 is 2.40 bits per heavy atom. The van der Waals surface area contributed by atoms with E-state index in [9.17, 15) is 4.79 Å². The Labute approximate surface area is 87.9 Å². The number of hydrogen-bond acceptors (Lipinski definition) is 3. The maximum atomic E-state index is 10.1. The van der Waals surface area contributed by atoms with Crippen LogP contribution in [-0.4, -0.2) is 22.4 Å². The Bertz CT molecular complexity index is 476. The van der Waals surface area contributed by atoms with Gasteiger partial charge in [-0.05, 0) is 17.7 Å². The lowest BCUT2D eigenvalue weighted by atomic mass is 10.2. The van der Waals surface area contributed by atoms with Crippen molar-refractivity contribution in [3.63, 3.8) is 0 Å². The molecule has 1 aromatic heterocycles. The minimum absolute atomic E-state index is 0.389. The third-order valence-corrected chi connectivity index (χ3v) is 2.35. The van der Waals surface area contributed by atoms with Crippen molar-refractivity contribution < 1.29 is 4.79 Å². The first-order chi connectivity index (χ1) is 7.31. The molecule has 0 saturated carbocycles. The van der Waals surface area contributed by atoms with Crippen LogP contribution in [0.25, 0.3) is 11.0 Å². The number of benzene rings is 1. The van der Waals surface area contributed by atoms with Gasteiger partial charge in [-0.3, -0.25) is 0 Å². The van der Waals surface area contributed by atoms with Gasteiger partial charge in [0.1, 0.15) is 6.29 Å². The van der Waals surface area contributed by atoms with Crippen LogP contribution in [0.1, 0.15) is 5.56 Å². The molecule has 0 saturated heterocycles. The van der Waals surface area contributed by atoms with E-state index in [1.165, 1.54) is 0 Å². The number of fused-ring (bicyclic) bond motifs is 1. The zero-order valence-corrected chi connectivity index (χ0v) is 8.60. The van der Waals surface area contributed by atoms with Crippen LogP contribution in [0.4, 0.5) is 0 Å². The van der Waals surface area contributed by atoms with E-state index in [1.807, 2.05) is 29.8 Å². The lowest BCUT2D eigenvalue weighted by Crippen LogP contribution is -2.15. The Morgan fingerprint density at radius 3 is 3.20 bits per heavy atom. The summed E-state index contributed by atoms with van der Waals surface area (Å²) < 4.78 is 1.98. The predicted molar refractivity (Wildman–Crippen MR) is 58.5 cm³/mol. The molecule has 15 heavy (non-hydrogen) atoms. The number of nitrogens with one attached hydrogen (secondary N) is 1. The number of hydrogen-bond donors (Lipinski definition) is 1. The molecule has 2 rings (SSSR count). The second-order valence-electron chi connectivity index (χ2n) is 3.48. The first-order valence-electron chi connectivity index (χ1n) is 4.85. The first kappa shape index (κ1) is 9.86. The summed E-state index contributed by atoms with van der Waals surface area (Å²) in [4.78, 5) is 14.4.